The number of nitrogens with zero attached hydrogens (tertiary/aromatic N) is 1. The summed E-state index contributed by atoms with van der Waals surface area (Å²) in [5.41, 5.74) is 4.04. The van der Waals surface area contributed by atoms with E-state index >= 15 is 0 Å². The minimum absolute atomic E-state index is 0.0692. The predicted molar refractivity (Wildman–Crippen MR) is 125 cm³/mol. The molecule has 0 fully saturated rings. The van der Waals surface area contributed by atoms with Crippen LogP contribution in [0, 0.1) is 6.92 Å². The molecular formula is C23H20ClN3O5S. The Morgan fingerprint density at radius 3 is 2.33 bits per heavy atom. The molecule has 2 N–H and O–H groups in total. The smallest absolute Gasteiger partial charge is 0.345 e. The molecule has 0 atom stereocenters. The van der Waals surface area contributed by atoms with Crippen molar-refractivity contribution in [2.45, 2.75) is 11.8 Å². The monoisotopic (exact) mass is 485 g/mol. The van der Waals surface area contributed by atoms with E-state index in [0.29, 0.717) is 16.3 Å². The highest BCUT2D eigenvalue weighted by atomic mass is 35.5. The van der Waals surface area contributed by atoms with E-state index in [2.05, 4.69) is 15.2 Å². The summed E-state index contributed by atoms with van der Waals surface area (Å²) in [7, 11) is -3.80. The molecule has 33 heavy (non-hydrogen) atoms. The van der Waals surface area contributed by atoms with Crippen molar-refractivity contribution in [1.29, 1.82) is 0 Å². The number of rotatable bonds is 8. The van der Waals surface area contributed by atoms with Gasteiger partial charge in [-0.15, -0.1) is 0 Å². The number of hydrazone groups is 1. The van der Waals surface area contributed by atoms with Crippen LogP contribution >= 0.6 is 11.6 Å². The Hall–Kier alpha value is -3.53. The Kier molecular flexibility index (Phi) is 7.94. The van der Waals surface area contributed by atoms with Crippen molar-refractivity contribution in [2.75, 3.05) is 6.54 Å². The molecule has 8 nitrogen and oxygen atoms in total. The fourth-order valence-electron chi connectivity index (χ4n) is 2.59. The summed E-state index contributed by atoms with van der Waals surface area (Å²) < 4.78 is 31.9. The van der Waals surface area contributed by atoms with E-state index in [4.69, 9.17) is 16.3 Å². The normalized spacial score (nSPS) is 11.3. The number of halogens is 1. The summed E-state index contributed by atoms with van der Waals surface area (Å²) in [6.07, 6.45) is 1.37. The maximum atomic E-state index is 12.2. The fourth-order valence-corrected chi connectivity index (χ4v) is 3.79. The molecular weight excluding hydrogens is 466 g/mol. The summed E-state index contributed by atoms with van der Waals surface area (Å²) in [6.45, 7) is 1.38. The van der Waals surface area contributed by atoms with Gasteiger partial charge in [0.1, 0.15) is 5.75 Å². The van der Waals surface area contributed by atoms with Gasteiger partial charge >= 0.3 is 5.97 Å². The molecule has 1 amide bonds. The third kappa shape index (κ3) is 6.98. The van der Waals surface area contributed by atoms with Gasteiger partial charge in [0.15, 0.2) is 0 Å². The highest BCUT2D eigenvalue weighted by Gasteiger charge is 2.15. The number of hydrogen-bond donors (Lipinski definition) is 2. The number of ether oxygens (including phenoxy) is 1. The number of hydrogen-bond acceptors (Lipinski definition) is 6. The second-order valence-electron chi connectivity index (χ2n) is 6.87. The van der Waals surface area contributed by atoms with E-state index in [0.717, 1.165) is 5.56 Å². The first-order chi connectivity index (χ1) is 15.7. The summed E-state index contributed by atoms with van der Waals surface area (Å²) in [6, 6.07) is 19.2. The molecule has 3 aromatic carbocycles. The minimum Gasteiger partial charge on any atom is -0.423 e. The summed E-state index contributed by atoms with van der Waals surface area (Å²) in [5.74, 6) is -0.902. The van der Waals surface area contributed by atoms with Gasteiger partial charge < -0.3 is 4.74 Å². The molecule has 0 saturated heterocycles. The lowest BCUT2D eigenvalue weighted by Gasteiger charge is -2.06. The molecule has 0 aliphatic carbocycles. The van der Waals surface area contributed by atoms with Crippen LogP contribution in [0.5, 0.6) is 5.75 Å². The first-order valence-electron chi connectivity index (χ1n) is 9.69. The van der Waals surface area contributed by atoms with Crippen LogP contribution < -0.4 is 14.9 Å². The van der Waals surface area contributed by atoms with Crippen LogP contribution in [0.2, 0.25) is 5.02 Å². The standard InChI is InChI=1S/C23H20ClN3O5S/c1-16-6-12-19(13-7-16)33(30,31)26-15-22(28)27-25-14-17-8-10-18(11-9-17)32-23(29)20-4-2-3-5-21(20)24/h2-14,26H,15H2,1H3,(H,27,28)/b25-14-. The van der Waals surface area contributed by atoms with Crippen molar-refractivity contribution in [3.63, 3.8) is 0 Å². The highest BCUT2D eigenvalue weighted by Crippen LogP contribution is 2.19. The summed E-state index contributed by atoms with van der Waals surface area (Å²) in [5, 5.41) is 4.09. The van der Waals surface area contributed by atoms with Crippen LogP contribution in [-0.2, 0) is 14.8 Å². The number of amides is 1. The minimum atomic E-state index is -3.80. The Morgan fingerprint density at radius 1 is 1.00 bits per heavy atom. The van der Waals surface area contributed by atoms with Crippen LogP contribution in [0.1, 0.15) is 21.5 Å². The van der Waals surface area contributed by atoms with Crippen molar-refractivity contribution in [3.8, 4) is 5.75 Å². The Morgan fingerprint density at radius 2 is 1.67 bits per heavy atom. The molecule has 3 aromatic rings. The Bertz CT molecular complexity index is 1270. The van der Waals surface area contributed by atoms with Crippen LogP contribution in [-0.4, -0.2) is 33.1 Å². The van der Waals surface area contributed by atoms with E-state index in [1.54, 1.807) is 60.7 Å². The molecule has 0 spiro atoms. The van der Waals surface area contributed by atoms with Gasteiger partial charge in [-0.2, -0.15) is 5.10 Å². The molecule has 0 bridgehead atoms. The Labute approximate surface area is 196 Å². The van der Waals surface area contributed by atoms with Crippen molar-refractivity contribution >= 4 is 39.7 Å². The molecule has 0 saturated carbocycles. The molecule has 0 radical (unpaired) electrons. The molecule has 170 valence electrons. The number of aryl methyl sites for hydroxylation is 1. The van der Waals surface area contributed by atoms with E-state index in [1.165, 1.54) is 18.3 Å². The SMILES string of the molecule is Cc1ccc(S(=O)(=O)NCC(=O)N/N=C\c2ccc(OC(=O)c3ccccc3Cl)cc2)cc1. The highest BCUT2D eigenvalue weighted by molar-refractivity contribution is 7.89. The number of nitrogens with one attached hydrogen (secondary N) is 2. The van der Waals surface area contributed by atoms with Gasteiger partial charge in [-0.05, 0) is 61.0 Å². The number of carbonyl (C=O) groups is 2. The number of benzene rings is 3. The number of esters is 1. The lowest BCUT2D eigenvalue weighted by molar-refractivity contribution is -0.119. The number of sulfonamides is 1. The lowest BCUT2D eigenvalue weighted by Crippen LogP contribution is -2.34. The molecule has 0 aliphatic rings. The second-order valence-corrected chi connectivity index (χ2v) is 9.04. The van der Waals surface area contributed by atoms with Crippen molar-refractivity contribution in [1.82, 2.24) is 10.1 Å². The molecule has 3 rings (SSSR count). The Balaban J connectivity index is 1.49. The van der Waals surface area contributed by atoms with Crippen LogP contribution in [0.15, 0.2) is 82.8 Å². The summed E-state index contributed by atoms with van der Waals surface area (Å²) >= 11 is 5.99. The van der Waals surface area contributed by atoms with Gasteiger partial charge in [0, 0.05) is 0 Å². The van der Waals surface area contributed by atoms with Crippen molar-refractivity contribution in [3.05, 3.63) is 94.5 Å². The maximum Gasteiger partial charge on any atom is 0.345 e. The fraction of sp³-hybridized carbons (Fsp3) is 0.0870. The molecule has 0 unspecified atom stereocenters. The third-order valence-electron chi connectivity index (χ3n) is 4.34. The zero-order valence-corrected chi connectivity index (χ0v) is 19.1. The van der Waals surface area contributed by atoms with Crippen LogP contribution in [0.4, 0.5) is 0 Å². The van der Waals surface area contributed by atoms with Crippen molar-refractivity contribution in [2.24, 2.45) is 5.10 Å². The zero-order chi connectivity index (χ0) is 23.8. The zero-order valence-electron chi connectivity index (χ0n) is 17.5. The average molecular weight is 486 g/mol. The van der Waals surface area contributed by atoms with Gasteiger partial charge in [-0.1, -0.05) is 41.4 Å². The van der Waals surface area contributed by atoms with Gasteiger partial charge in [0.25, 0.3) is 5.91 Å². The quantitative estimate of drug-likeness (QED) is 0.220. The number of carbonyl (C=O) groups excluding carboxylic acids is 2. The molecule has 0 aliphatic heterocycles. The van der Waals surface area contributed by atoms with Gasteiger partial charge in [-0.25, -0.2) is 23.4 Å². The van der Waals surface area contributed by atoms with Gasteiger partial charge in [-0.3, -0.25) is 4.79 Å². The van der Waals surface area contributed by atoms with E-state index < -0.39 is 28.4 Å². The van der Waals surface area contributed by atoms with Crippen LogP contribution in [0.3, 0.4) is 0 Å². The maximum absolute atomic E-state index is 12.2. The largest absolute Gasteiger partial charge is 0.423 e. The van der Waals surface area contributed by atoms with Crippen molar-refractivity contribution < 1.29 is 22.7 Å². The first kappa shape index (κ1) is 24.1. The average Bonchev–Trinajstić information content (AvgIpc) is 2.79. The van der Waals surface area contributed by atoms with E-state index in [-0.39, 0.29) is 10.5 Å². The molecule has 0 aromatic heterocycles. The summed E-state index contributed by atoms with van der Waals surface area (Å²) in [4.78, 5) is 24.1. The van der Waals surface area contributed by atoms with Gasteiger partial charge in [0.2, 0.25) is 10.0 Å². The third-order valence-corrected chi connectivity index (χ3v) is 6.09. The molecule has 0 heterocycles. The predicted octanol–water partition coefficient (Wildman–Crippen LogP) is 3.30. The van der Waals surface area contributed by atoms with Gasteiger partial charge in [0.05, 0.1) is 28.2 Å². The topological polar surface area (TPSA) is 114 Å². The van der Waals surface area contributed by atoms with E-state index in [1.807, 2.05) is 6.92 Å². The van der Waals surface area contributed by atoms with Crippen LogP contribution in [0.25, 0.3) is 0 Å². The lowest BCUT2D eigenvalue weighted by atomic mass is 10.2. The first-order valence-corrected chi connectivity index (χ1v) is 11.6. The molecule has 10 heteroatoms. The second kappa shape index (κ2) is 10.9. The van der Waals surface area contributed by atoms with E-state index in [9.17, 15) is 18.0 Å².